The van der Waals surface area contributed by atoms with Gasteiger partial charge in [0.15, 0.2) is 0 Å². The summed E-state index contributed by atoms with van der Waals surface area (Å²) in [7, 11) is 1.91. The summed E-state index contributed by atoms with van der Waals surface area (Å²) in [4.78, 5) is 14.4. The first-order chi connectivity index (χ1) is 8.59. The van der Waals surface area contributed by atoms with Crippen LogP contribution in [0.5, 0.6) is 0 Å². The molecule has 0 saturated heterocycles. The van der Waals surface area contributed by atoms with Crippen molar-refractivity contribution in [3.05, 3.63) is 32.4 Å². The maximum absolute atomic E-state index is 12.5. The van der Waals surface area contributed by atoms with E-state index in [1.807, 2.05) is 24.1 Å². The van der Waals surface area contributed by atoms with Crippen LogP contribution in [-0.4, -0.2) is 23.9 Å². The predicted molar refractivity (Wildman–Crippen MR) is 83.1 cm³/mol. The molecule has 18 heavy (non-hydrogen) atoms. The maximum atomic E-state index is 12.5. The first kappa shape index (κ1) is 14.1. The molecule has 1 aromatic rings. The Bertz CT molecular complexity index is 443. The molecule has 0 unspecified atom stereocenters. The van der Waals surface area contributed by atoms with Gasteiger partial charge < -0.3 is 4.90 Å². The third-order valence-corrected chi connectivity index (χ3v) is 4.78. The monoisotopic (exact) mass is 377 g/mol. The molecule has 0 radical (unpaired) electrons. The van der Waals surface area contributed by atoms with Crippen LogP contribution in [0.1, 0.15) is 42.5 Å². The second-order valence-corrected chi connectivity index (χ2v) is 6.43. The number of rotatable bonds is 2. The van der Waals surface area contributed by atoms with E-state index >= 15 is 0 Å². The van der Waals surface area contributed by atoms with Crippen LogP contribution >= 0.6 is 34.2 Å². The fourth-order valence-corrected chi connectivity index (χ4v) is 3.22. The van der Waals surface area contributed by atoms with Crippen molar-refractivity contribution in [3.63, 3.8) is 0 Å². The lowest BCUT2D eigenvalue weighted by Crippen LogP contribution is -2.38. The van der Waals surface area contributed by atoms with Crippen molar-refractivity contribution in [1.29, 1.82) is 0 Å². The smallest absolute Gasteiger partial charge is 0.254 e. The Kier molecular flexibility index (Phi) is 4.90. The number of benzene rings is 1. The average molecular weight is 378 g/mol. The van der Waals surface area contributed by atoms with Crippen LogP contribution in [0, 0.1) is 3.57 Å². The molecule has 0 aromatic heterocycles. The highest BCUT2D eigenvalue weighted by molar-refractivity contribution is 14.1. The van der Waals surface area contributed by atoms with Crippen molar-refractivity contribution in [2.45, 2.75) is 38.1 Å². The van der Waals surface area contributed by atoms with Gasteiger partial charge >= 0.3 is 0 Å². The van der Waals surface area contributed by atoms with Crippen LogP contribution in [0.3, 0.4) is 0 Å². The molecule has 2 rings (SSSR count). The summed E-state index contributed by atoms with van der Waals surface area (Å²) in [5.74, 6) is 0.0915. The molecule has 1 amide bonds. The summed E-state index contributed by atoms with van der Waals surface area (Å²) < 4.78 is 0.963. The zero-order chi connectivity index (χ0) is 13.1. The second-order valence-electron chi connectivity index (χ2n) is 4.83. The minimum atomic E-state index is 0.0915. The van der Waals surface area contributed by atoms with E-state index in [-0.39, 0.29) is 5.91 Å². The highest BCUT2D eigenvalue weighted by atomic mass is 127. The number of amides is 1. The van der Waals surface area contributed by atoms with Crippen molar-refractivity contribution in [2.75, 3.05) is 7.05 Å². The van der Waals surface area contributed by atoms with E-state index in [9.17, 15) is 4.79 Å². The summed E-state index contributed by atoms with van der Waals surface area (Å²) >= 11 is 8.17. The fourth-order valence-electron chi connectivity index (χ4n) is 2.49. The molecular weight excluding hydrogens is 361 g/mol. The van der Waals surface area contributed by atoms with Crippen LogP contribution in [-0.2, 0) is 0 Å². The molecule has 1 fully saturated rings. The lowest BCUT2D eigenvalue weighted by molar-refractivity contribution is 0.0695. The van der Waals surface area contributed by atoms with E-state index in [1.165, 1.54) is 19.3 Å². The van der Waals surface area contributed by atoms with E-state index in [0.717, 1.165) is 22.0 Å². The SMILES string of the molecule is CN(C(=O)c1cc(Cl)ccc1I)C1CCCCC1. The van der Waals surface area contributed by atoms with Gasteiger partial charge in [-0.2, -0.15) is 0 Å². The number of hydrogen-bond acceptors (Lipinski definition) is 1. The topological polar surface area (TPSA) is 20.3 Å². The fraction of sp³-hybridized carbons (Fsp3) is 0.500. The normalized spacial score (nSPS) is 16.6. The maximum Gasteiger partial charge on any atom is 0.254 e. The molecule has 1 saturated carbocycles. The molecule has 0 aliphatic heterocycles. The van der Waals surface area contributed by atoms with Gasteiger partial charge in [-0.15, -0.1) is 0 Å². The lowest BCUT2D eigenvalue weighted by atomic mass is 9.94. The van der Waals surface area contributed by atoms with E-state index in [1.54, 1.807) is 6.07 Å². The number of halogens is 2. The van der Waals surface area contributed by atoms with Gasteiger partial charge in [-0.05, 0) is 53.6 Å². The second kappa shape index (κ2) is 6.24. The van der Waals surface area contributed by atoms with Gasteiger partial charge in [0, 0.05) is 21.7 Å². The van der Waals surface area contributed by atoms with Gasteiger partial charge in [0.25, 0.3) is 5.91 Å². The van der Waals surface area contributed by atoms with Crippen molar-refractivity contribution >= 4 is 40.1 Å². The summed E-state index contributed by atoms with van der Waals surface area (Å²) in [5.41, 5.74) is 0.719. The molecule has 0 bridgehead atoms. The van der Waals surface area contributed by atoms with Crippen molar-refractivity contribution < 1.29 is 4.79 Å². The van der Waals surface area contributed by atoms with Crippen LogP contribution in [0.25, 0.3) is 0 Å². The van der Waals surface area contributed by atoms with Gasteiger partial charge in [-0.3, -0.25) is 4.79 Å². The third kappa shape index (κ3) is 3.18. The largest absolute Gasteiger partial charge is 0.339 e. The molecule has 98 valence electrons. The Hall–Kier alpha value is -0.290. The van der Waals surface area contributed by atoms with E-state index in [4.69, 9.17) is 11.6 Å². The Morgan fingerprint density at radius 2 is 2.00 bits per heavy atom. The molecule has 0 N–H and O–H groups in total. The van der Waals surface area contributed by atoms with Crippen LogP contribution in [0.2, 0.25) is 5.02 Å². The Labute approximate surface area is 127 Å². The number of carbonyl (C=O) groups is 1. The van der Waals surface area contributed by atoms with Crippen molar-refractivity contribution in [2.24, 2.45) is 0 Å². The molecule has 4 heteroatoms. The molecule has 0 heterocycles. The van der Waals surface area contributed by atoms with Gasteiger partial charge in [-0.1, -0.05) is 30.9 Å². The molecule has 1 aromatic carbocycles. The minimum Gasteiger partial charge on any atom is -0.339 e. The Balaban J connectivity index is 2.16. The highest BCUT2D eigenvalue weighted by Gasteiger charge is 2.24. The van der Waals surface area contributed by atoms with E-state index < -0.39 is 0 Å². The Morgan fingerprint density at radius 1 is 1.33 bits per heavy atom. The molecule has 1 aliphatic rings. The molecule has 0 spiro atoms. The standard InChI is InChI=1S/C14H17ClINO/c1-17(11-5-3-2-4-6-11)14(18)12-9-10(15)7-8-13(12)16/h7-9,11H,2-6H2,1H3. The molecular formula is C14H17ClINO. The molecule has 1 aliphatic carbocycles. The first-order valence-electron chi connectivity index (χ1n) is 6.32. The number of nitrogens with zero attached hydrogens (tertiary/aromatic N) is 1. The summed E-state index contributed by atoms with van der Waals surface area (Å²) in [6.07, 6.45) is 6.01. The van der Waals surface area contributed by atoms with Crippen LogP contribution in [0.15, 0.2) is 18.2 Å². The van der Waals surface area contributed by atoms with Crippen molar-refractivity contribution in [3.8, 4) is 0 Å². The predicted octanol–water partition coefficient (Wildman–Crippen LogP) is 4.35. The quantitative estimate of drug-likeness (QED) is 0.702. The molecule has 2 nitrogen and oxygen atoms in total. The number of hydrogen-bond donors (Lipinski definition) is 0. The van der Waals surface area contributed by atoms with E-state index in [2.05, 4.69) is 22.6 Å². The van der Waals surface area contributed by atoms with Crippen LogP contribution in [0.4, 0.5) is 0 Å². The van der Waals surface area contributed by atoms with E-state index in [0.29, 0.717) is 11.1 Å². The van der Waals surface area contributed by atoms with Crippen molar-refractivity contribution in [1.82, 2.24) is 4.90 Å². The summed E-state index contributed by atoms with van der Waals surface area (Å²) in [6, 6.07) is 5.87. The number of carbonyl (C=O) groups excluding carboxylic acids is 1. The summed E-state index contributed by atoms with van der Waals surface area (Å²) in [5, 5.41) is 0.621. The zero-order valence-electron chi connectivity index (χ0n) is 10.5. The third-order valence-electron chi connectivity index (χ3n) is 3.60. The van der Waals surface area contributed by atoms with Gasteiger partial charge in [0.1, 0.15) is 0 Å². The highest BCUT2D eigenvalue weighted by Crippen LogP contribution is 2.25. The average Bonchev–Trinajstić information content (AvgIpc) is 2.41. The van der Waals surface area contributed by atoms with Gasteiger partial charge in [-0.25, -0.2) is 0 Å². The molecule has 0 atom stereocenters. The Morgan fingerprint density at radius 3 is 2.67 bits per heavy atom. The van der Waals surface area contributed by atoms with Crippen LogP contribution < -0.4 is 0 Å². The van der Waals surface area contributed by atoms with Gasteiger partial charge in [0.2, 0.25) is 0 Å². The zero-order valence-corrected chi connectivity index (χ0v) is 13.4. The minimum absolute atomic E-state index is 0.0915. The lowest BCUT2D eigenvalue weighted by Gasteiger charge is -2.31. The van der Waals surface area contributed by atoms with Gasteiger partial charge in [0.05, 0.1) is 5.56 Å². The first-order valence-corrected chi connectivity index (χ1v) is 7.77. The summed E-state index contributed by atoms with van der Waals surface area (Å²) in [6.45, 7) is 0.